The largest absolute Gasteiger partial charge is 0.481 e. The van der Waals surface area contributed by atoms with Crippen molar-refractivity contribution in [3.05, 3.63) is 35.9 Å². The van der Waals surface area contributed by atoms with Gasteiger partial charge < -0.3 is 59.1 Å². The van der Waals surface area contributed by atoms with Crippen molar-refractivity contribution in [2.75, 3.05) is 13.2 Å². The third-order valence-corrected chi connectivity index (χ3v) is 7.88. The third kappa shape index (κ3) is 17.7. The number of carbonyl (C=O) groups is 7. The summed E-state index contributed by atoms with van der Waals surface area (Å²) in [6.45, 7) is 6.07. The number of aliphatic carboxylic acids is 2. The molecule has 0 saturated heterocycles. The minimum Gasteiger partial charge on any atom is -0.481 e. The summed E-state index contributed by atoms with van der Waals surface area (Å²) in [5.41, 5.74) is 17.8. The Kier molecular flexibility index (Phi) is 20.1. The molecule has 53 heavy (non-hydrogen) atoms. The second-order valence-electron chi connectivity index (χ2n) is 13.3. The van der Waals surface area contributed by atoms with Crippen molar-refractivity contribution in [1.29, 1.82) is 0 Å². The van der Waals surface area contributed by atoms with Gasteiger partial charge >= 0.3 is 11.9 Å². The zero-order chi connectivity index (χ0) is 40.2. The number of rotatable bonds is 24. The van der Waals surface area contributed by atoms with Crippen molar-refractivity contribution in [1.82, 2.24) is 26.6 Å². The predicted molar refractivity (Wildman–Crippen MR) is 194 cm³/mol. The number of aliphatic hydroxyl groups excluding tert-OH is 1. The lowest BCUT2D eigenvalue weighted by Crippen LogP contribution is -2.60. The Morgan fingerprint density at radius 3 is 1.75 bits per heavy atom. The average Bonchev–Trinajstić information content (AvgIpc) is 3.08. The first-order valence-corrected chi connectivity index (χ1v) is 17.3. The molecular formula is C34H55N9O10. The Hall–Kier alpha value is -5.30. The third-order valence-electron chi connectivity index (χ3n) is 7.88. The summed E-state index contributed by atoms with van der Waals surface area (Å²) in [5.74, 6) is -7.70. The molecule has 296 valence electrons. The van der Waals surface area contributed by atoms with E-state index >= 15 is 0 Å². The maximum atomic E-state index is 13.7. The Morgan fingerprint density at radius 2 is 1.25 bits per heavy atom. The summed E-state index contributed by atoms with van der Waals surface area (Å²) in [6, 6.07) is 1.20. The molecule has 0 aromatic heterocycles. The molecule has 19 heteroatoms. The number of aliphatic imine (C=N–C) groups is 1. The Labute approximate surface area is 308 Å². The molecule has 0 spiro atoms. The van der Waals surface area contributed by atoms with E-state index in [0.717, 1.165) is 5.56 Å². The van der Waals surface area contributed by atoms with Crippen molar-refractivity contribution in [2.45, 2.75) is 102 Å². The SMILES string of the molecule is CC(C)CC(NC(=O)C(N)Cc1ccccc1)C(=O)NC(C(=O)NC(CCCN=C(N)N)C(=O)NC(CCC(=O)O)C(=O)NC(CO)C(=O)O)C(C)C. The maximum Gasteiger partial charge on any atom is 0.328 e. The summed E-state index contributed by atoms with van der Waals surface area (Å²) < 4.78 is 0. The van der Waals surface area contributed by atoms with E-state index < -0.39 is 103 Å². The van der Waals surface area contributed by atoms with Crippen LogP contribution in [0.15, 0.2) is 35.3 Å². The van der Waals surface area contributed by atoms with Gasteiger partial charge in [0.1, 0.15) is 30.2 Å². The molecule has 0 radical (unpaired) electrons. The fraction of sp³-hybridized carbons (Fsp3) is 0.588. The van der Waals surface area contributed by atoms with E-state index in [9.17, 15) is 48.9 Å². The number of nitrogens with two attached hydrogens (primary N) is 3. The number of carbonyl (C=O) groups excluding carboxylic acids is 5. The molecule has 5 amide bonds. The molecule has 6 atom stereocenters. The first-order valence-electron chi connectivity index (χ1n) is 17.3. The molecule has 6 unspecified atom stereocenters. The van der Waals surface area contributed by atoms with E-state index in [1.807, 2.05) is 49.5 Å². The molecule has 0 aliphatic rings. The highest BCUT2D eigenvalue weighted by Gasteiger charge is 2.34. The van der Waals surface area contributed by atoms with Crippen LogP contribution < -0.4 is 43.8 Å². The Balaban J connectivity index is 3.25. The van der Waals surface area contributed by atoms with Gasteiger partial charge in [-0.05, 0) is 49.5 Å². The number of hydrogen-bond acceptors (Lipinski definition) is 10. The average molecular weight is 750 g/mol. The van der Waals surface area contributed by atoms with Crippen molar-refractivity contribution < 1.29 is 48.9 Å². The molecule has 1 aromatic rings. The summed E-state index contributed by atoms with van der Waals surface area (Å²) in [7, 11) is 0. The van der Waals surface area contributed by atoms with Crippen molar-refractivity contribution in [3.63, 3.8) is 0 Å². The monoisotopic (exact) mass is 749 g/mol. The molecule has 1 aromatic carbocycles. The number of carboxylic acid groups (broad SMARTS) is 2. The van der Waals surface area contributed by atoms with Crippen molar-refractivity contribution >= 4 is 47.4 Å². The number of amides is 5. The first-order chi connectivity index (χ1) is 24.9. The first kappa shape index (κ1) is 45.7. The van der Waals surface area contributed by atoms with Gasteiger partial charge in [-0.3, -0.25) is 33.8 Å². The van der Waals surface area contributed by atoms with Crippen LogP contribution in [0.1, 0.15) is 65.4 Å². The van der Waals surface area contributed by atoms with E-state index in [-0.39, 0.29) is 44.1 Å². The number of guanidine groups is 1. The van der Waals surface area contributed by atoms with Crippen LogP contribution in [0.5, 0.6) is 0 Å². The van der Waals surface area contributed by atoms with Gasteiger partial charge in [-0.15, -0.1) is 0 Å². The van der Waals surface area contributed by atoms with Crippen LogP contribution in [0.25, 0.3) is 0 Å². The summed E-state index contributed by atoms with van der Waals surface area (Å²) in [6.07, 6.45) is -0.534. The normalized spacial score (nSPS) is 14.4. The minimum atomic E-state index is -1.74. The fourth-order valence-corrected chi connectivity index (χ4v) is 5.03. The molecule has 14 N–H and O–H groups in total. The molecule has 0 aliphatic heterocycles. The molecular weight excluding hydrogens is 694 g/mol. The summed E-state index contributed by atoms with van der Waals surface area (Å²) in [4.78, 5) is 93.3. The van der Waals surface area contributed by atoms with Crippen LogP contribution in [0.2, 0.25) is 0 Å². The minimum absolute atomic E-state index is 0.0459. The second kappa shape index (κ2) is 23.3. The topological polar surface area (TPSA) is 331 Å². The second-order valence-corrected chi connectivity index (χ2v) is 13.3. The number of nitrogens with zero attached hydrogens (tertiary/aromatic N) is 1. The zero-order valence-electron chi connectivity index (χ0n) is 30.5. The predicted octanol–water partition coefficient (Wildman–Crippen LogP) is -2.32. The van der Waals surface area contributed by atoms with Gasteiger partial charge in [0.15, 0.2) is 5.96 Å². The van der Waals surface area contributed by atoms with Gasteiger partial charge in [0.2, 0.25) is 29.5 Å². The van der Waals surface area contributed by atoms with Gasteiger partial charge in [-0.1, -0.05) is 58.0 Å². The Morgan fingerprint density at radius 1 is 0.717 bits per heavy atom. The summed E-state index contributed by atoms with van der Waals surface area (Å²) in [5, 5.41) is 40.1. The van der Waals surface area contributed by atoms with Gasteiger partial charge in [0, 0.05) is 13.0 Å². The van der Waals surface area contributed by atoms with E-state index in [0.29, 0.717) is 0 Å². The molecule has 0 aliphatic carbocycles. The van der Waals surface area contributed by atoms with Gasteiger partial charge in [0.25, 0.3) is 0 Å². The van der Waals surface area contributed by atoms with Crippen LogP contribution in [0, 0.1) is 11.8 Å². The lowest BCUT2D eigenvalue weighted by molar-refractivity contribution is -0.144. The summed E-state index contributed by atoms with van der Waals surface area (Å²) >= 11 is 0. The number of carboxylic acids is 2. The molecule has 19 nitrogen and oxygen atoms in total. The fourth-order valence-electron chi connectivity index (χ4n) is 5.03. The number of aliphatic hydroxyl groups is 1. The van der Waals surface area contributed by atoms with Crippen molar-refractivity contribution in [2.24, 2.45) is 34.0 Å². The van der Waals surface area contributed by atoms with Crippen LogP contribution in [-0.4, -0.2) is 112 Å². The lowest BCUT2D eigenvalue weighted by Gasteiger charge is -2.29. The van der Waals surface area contributed by atoms with E-state index in [1.54, 1.807) is 13.8 Å². The van der Waals surface area contributed by atoms with Gasteiger partial charge in [0.05, 0.1) is 12.6 Å². The standard InChI is InChI=1S/C34H55N9O10/c1-18(2)15-24(41-28(47)21(35)16-20-9-6-5-7-10-20)31(50)43-27(19(3)4)32(51)40-22(11-8-14-38-34(36)37)29(48)39-23(12-13-26(45)46)30(49)42-25(17-44)33(52)53/h5-7,9-10,18-19,21-25,27,44H,8,11-17,35H2,1-4H3,(H,39,48)(H,40,51)(H,41,47)(H,42,49)(H,43,50)(H,45,46)(H,52,53)(H4,36,37,38). The van der Waals surface area contributed by atoms with E-state index in [4.69, 9.17) is 17.2 Å². The highest BCUT2D eigenvalue weighted by molar-refractivity contribution is 5.96. The van der Waals surface area contributed by atoms with Crippen LogP contribution >= 0.6 is 0 Å². The smallest absolute Gasteiger partial charge is 0.328 e. The zero-order valence-corrected chi connectivity index (χ0v) is 30.5. The van der Waals surface area contributed by atoms with Crippen LogP contribution in [0.4, 0.5) is 0 Å². The lowest BCUT2D eigenvalue weighted by atomic mass is 9.98. The van der Waals surface area contributed by atoms with Gasteiger partial charge in [-0.2, -0.15) is 0 Å². The van der Waals surface area contributed by atoms with Crippen LogP contribution in [0.3, 0.4) is 0 Å². The Bertz CT molecular complexity index is 1420. The van der Waals surface area contributed by atoms with Gasteiger partial charge in [-0.25, -0.2) is 4.79 Å². The number of benzene rings is 1. The molecule has 1 rings (SSSR count). The van der Waals surface area contributed by atoms with E-state index in [1.165, 1.54) is 0 Å². The highest BCUT2D eigenvalue weighted by Crippen LogP contribution is 2.11. The molecule has 0 bridgehead atoms. The highest BCUT2D eigenvalue weighted by atomic mass is 16.4. The van der Waals surface area contributed by atoms with Crippen molar-refractivity contribution in [3.8, 4) is 0 Å². The maximum absolute atomic E-state index is 13.7. The number of nitrogens with one attached hydrogen (secondary N) is 5. The quantitative estimate of drug-likeness (QED) is 0.0301. The molecule has 0 saturated carbocycles. The number of hydrogen-bond donors (Lipinski definition) is 11. The molecule has 0 heterocycles. The van der Waals surface area contributed by atoms with Crippen LogP contribution in [-0.2, 0) is 40.0 Å². The van der Waals surface area contributed by atoms with E-state index in [2.05, 4.69) is 26.3 Å². The molecule has 0 fully saturated rings.